The molecule has 0 radical (unpaired) electrons. The maximum atomic E-state index is 11.7. The summed E-state index contributed by atoms with van der Waals surface area (Å²) in [6, 6.07) is 17.2. The summed E-state index contributed by atoms with van der Waals surface area (Å²) in [6.07, 6.45) is 7.16. The van der Waals surface area contributed by atoms with E-state index in [4.69, 9.17) is 4.74 Å². The zero-order valence-corrected chi connectivity index (χ0v) is 15.9. The number of ether oxygens (including phenoxy) is 1. The molecule has 2 nitrogen and oxygen atoms in total. The lowest BCUT2D eigenvalue weighted by Crippen LogP contribution is -2.23. The second kappa shape index (κ2) is 7.90. The Labute approximate surface area is 156 Å². The standard InChI is InChI=1S/C24H28O2/c1-4-7-19-8-10-20(11-9-19)24(16-5-6-17-24)21-12-14-22(15-13-21)26-23(25)18(2)3/h8-15H,2,4-7,16-17H2,1,3H3. The van der Waals surface area contributed by atoms with Crippen molar-refractivity contribution in [2.45, 2.75) is 57.8 Å². The lowest BCUT2D eigenvalue weighted by atomic mass is 9.73. The lowest BCUT2D eigenvalue weighted by Gasteiger charge is -2.31. The van der Waals surface area contributed by atoms with Crippen LogP contribution in [0, 0.1) is 0 Å². The molecule has 2 aromatic carbocycles. The smallest absolute Gasteiger partial charge is 0.338 e. The molecule has 2 aromatic rings. The second-order valence-corrected chi connectivity index (χ2v) is 7.43. The number of carbonyl (C=O) groups is 1. The Morgan fingerprint density at radius 1 is 1.00 bits per heavy atom. The first-order chi connectivity index (χ1) is 12.5. The average molecular weight is 348 g/mol. The van der Waals surface area contributed by atoms with E-state index in [0.717, 1.165) is 6.42 Å². The van der Waals surface area contributed by atoms with Gasteiger partial charge < -0.3 is 4.74 Å². The highest BCUT2D eigenvalue weighted by molar-refractivity contribution is 5.88. The predicted octanol–water partition coefficient (Wildman–Crippen LogP) is 5.98. The van der Waals surface area contributed by atoms with Crippen LogP contribution in [0.2, 0.25) is 0 Å². The van der Waals surface area contributed by atoms with Gasteiger partial charge in [-0.1, -0.05) is 69.2 Å². The van der Waals surface area contributed by atoms with Gasteiger partial charge in [0.1, 0.15) is 5.75 Å². The van der Waals surface area contributed by atoms with E-state index in [9.17, 15) is 4.79 Å². The zero-order valence-electron chi connectivity index (χ0n) is 15.9. The van der Waals surface area contributed by atoms with Crippen molar-refractivity contribution in [2.75, 3.05) is 0 Å². The van der Waals surface area contributed by atoms with Gasteiger partial charge in [-0.15, -0.1) is 0 Å². The number of benzene rings is 2. The number of esters is 1. The highest BCUT2D eigenvalue weighted by atomic mass is 16.5. The highest BCUT2D eigenvalue weighted by Gasteiger charge is 2.37. The summed E-state index contributed by atoms with van der Waals surface area (Å²) in [5.74, 6) is 0.202. The number of aryl methyl sites for hydroxylation is 1. The van der Waals surface area contributed by atoms with Gasteiger partial charge >= 0.3 is 5.97 Å². The van der Waals surface area contributed by atoms with Gasteiger partial charge in [0.2, 0.25) is 0 Å². The Balaban J connectivity index is 1.87. The van der Waals surface area contributed by atoms with Crippen molar-refractivity contribution in [3.8, 4) is 5.75 Å². The van der Waals surface area contributed by atoms with Crippen molar-refractivity contribution in [1.82, 2.24) is 0 Å². The quantitative estimate of drug-likeness (QED) is 0.364. The van der Waals surface area contributed by atoms with E-state index in [-0.39, 0.29) is 11.4 Å². The monoisotopic (exact) mass is 348 g/mol. The molecule has 0 heterocycles. The summed E-state index contributed by atoms with van der Waals surface area (Å²) in [7, 11) is 0. The molecule has 0 atom stereocenters. The van der Waals surface area contributed by atoms with Crippen molar-refractivity contribution >= 4 is 5.97 Å². The summed E-state index contributed by atoms with van der Waals surface area (Å²) in [6.45, 7) is 7.50. The van der Waals surface area contributed by atoms with E-state index in [1.54, 1.807) is 6.92 Å². The summed E-state index contributed by atoms with van der Waals surface area (Å²) in [5, 5.41) is 0. The van der Waals surface area contributed by atoms with Crippen molar-refractivity contribution in [2.24, 2.45) is 0 Å². The van der Waals surface area contributed by atoms with Crippen LogP contribution in [0.1, 0.15) is 62.6 Å². The molecule has 0 amide bonds. The third kappa shape index (κ3) is 3.75. The van der Waals surface area contributed by atoms with Gasteiger partial charge in [0.15, 0.2) is 0 Å². The van der Waals surface area contributed by atoms with Crippen molar-refractivity contribution in [3.05, 3.63) is 77.4 Å². The summed E-state index contributed by atoms with van der Waals surface area (Å²) < 4.78 is 5.34. The number of hydrogen-bond donors (Lipinski definition) is 0. The highest BCUT2D eigenvalue weighted by Crippen LogP contribution is 2.46. The molecule has 26 heavy (non-hydrogen) atoms. The molecule has 1 aliphatic rings. The molecule has 0 bridgehead atoms. The van der Waals surface area contributed by atoms with Gasteiger partial charge in [-0.05, 0) is 55.0 Å². The fourth-order valence-electron chi connectivity index (χ4n) is 4.04. The maximum Gasteiger partial charge on any atom is 0.338 e. The van der Waals surface area contributed by atoms with Crippen LogP contribution < -0.4 is 4.74 Å². The molecule has 0 saturated heterocycles. The molecule has 0 aliphatic heterocycles. The maximum absolute atomic E-state index is 11.7. The third-order valence-corrected chi connectivity index (χ3v) is 5.47. The fraction of sp³-hybridized carbons (Fsp3) is 0.375. The Bertz CT molecular complexity index is 763. The van der Waals surface area contributed by atoms with Gasteiger partial charge in [0.05, 0.1) is 0 Å². The van der Waals surface area contributed by atoms with Crippen LogP contribution in [-0.4, -0.2) is 5.97 Å². The first-order valence-electron chi connectivity index (χ1n) is 9.63. The summed E-state index contributed by atoms with van der Waals surface area (Å²) in [5.41, 5.74) is 4.62. The largest absolute Gasteiger partial charge is 0.423 e. The minimum Gasteiger partial charge on any atom is -0.423 e. The van der Waals surface area contributed by atoms with Crippen LogP contribution in [0.5, 0.6) is 5.75 Å². The van der Waals surface area contributed by atoms with Crippen LogP contribution in [-0.2, 0) is 16.6 Å². The molecule has 0 unspecified atom stereocenters. The predicted molar refractivity (Wildman–Crippen MR) is 107 cm³/mol. The minimum absolute atomic E-state index is 0.0850. The molecule has 136 valence electrons. The Morgan fingerprint density at radius 2 is 1.54 bits per heavy atom. The fourth-order valence-corrected chi connectivity index (χ4v) is 4.04. The van der Waals surface area contributed by atoms with Gasteiger partial charge in [0.25, 0.3) is 0 Å². The van der Waals surface area contributed by atoms with Crippen LogP contribution >= 0.6 is 0 Å². The Kier molecular flexibility index (Phi) is 5.61. The molecule has 2 heteroatoms. The lowest BCUT2D eigenvalue weighted by molar-refractivity contribution is -0.130. The topological polar surface area (TPSA) is 26.3 Å². The summed E-state index contributed by atoms with van der Waals surface area (Å²) in [4.78, 5) is 11.7. The van der Waals surface area contributed by atoms with Crippen molar-refractivity contribution < 1.29 is 9.53 Å². The first kappa shape index (κ1) is 18.4. The van der Waals surface area contributed by atoms with Gasteiger partial charge in [-0.2, -0.15) is 0 Å². The molecular formula is C24H28O2. The number of carbonyl (C=O) groups excluding carboxylic acids is 1. The van der Waals surface area contributed by atoms with Crippen LogP contribution in [0.3, 0.4) is 0 Å². The van der Waals surface area contributed by atoms with Crippen LogP contribution in [0.25, 0.3) is 0 Å². The van der Waals surface area contributed by atoms with Gasteiger partial charge in [-0.3, -0.25) is 0 Å². The molecule has 1 aliphatic carbocycles. The minimum atomic E-state index is -0.375. The van der Waals surface area contributed by atoms with E-state index < -0.39 is 0 Å². The second-order valence-electron chi connectivity index (χ2n) is 7.43. The van der Waals surface area contributed by atoms with Crippen molar-refractivity contribution in [1.29, 1.82) is 0 Å². The zero-order chi connectivity index (χ0) is 18.6. The van der Waals surface area contributed by atoms with E-state index in [2.05, 4.69) is 49.9 Å². The van der Waals surface area contributed by atoms with Gasteiger partial charge in [-0.25, -0.2) is 4.79 Å². The Hall–Kier alpha value is -2.35. The molecule has 1 fully saturated rings. The molecule has 0 aromatic heterocycles. The number of rotatable bonds is 6. The van der Waals surface area contributed by atoms with E-state index in [1.165, 1.54) is 48.8 Å². The van der Waals surface area contributed by atoms with Crippen LogP contribution in [0.4, 0.5) is 0 Å². The number of hydrogen-bond acceptors (Lipinski definition) is 2. The van der Waals surface area contributed by atoms with Crippen molar-refractivity contribution in [3.63, 3.8) is 0 Å². The molecule has 0 N–H and O–H groups in total. The average Bonchev–Trinajstić information content (AvgIpc) is 3.14. The van der Waals surface area contributed by atoms with Gasteiger partial charge in [0, 0.05) is 11.0 Å². The Morgan fingerprint density at radius 3 is 2.04 bits per heavy atom. The molecule has 0 spiro atoms. The molecular weight excluding hydrogens is 320 g/mol. The van der Waals surface area contributed by atoms with Crippen LogP contribution in [0.15, 0.2) is 60.7 Å². The molecule has 3 rings (SSSR count). The third-order valence-electron chi connectivity index (χ3n) is 5.47. The van der Waals surface area contributed by atoms with E-state index in [1.807, 2.05) is 12.1 Å². The van der Waals surface area contributed by atoms with E-state index >= 15 is 0 Å². The summed E-state index contributed by atoms with van der Waals surface area (Å²) >= 11 is 0. The molecule has 1 saturated carbocycles. The SMILES string of the molecule is C=C(C)C(=O)Oc1ccc(C2(c3ccc(CCC)cc3)CCCC2)cc1. The first-order valence-corrected chi connectivity index (χ1v) is 9.63. The van der Waals surface area contributed by atoms with E-state index in [0.29, 0.717) is 11.3 Å². The normalized spacial score (nSPS) is 15.6.